The normalized spacial score (nSPS) is 27.5. The molecule has 2 bridgehead atoms. The van der Waals surface area contributed by atoms with Gasteiger partial charge in [0, 0.05) is 24.4 Å². The van der Waals surface area contributed by atoms with Crippen LogP contribution in [0, 0.1) is 0 Å². The number of nitrogens with one attached hydrogen (secondary N) is 1. The lowest BCUT2D eigenvalue weighted by molar-refractivity contribution is -0.170. The zero-order valence-corrected chi connectivity index (χ0v) is 23.5. The van der Waals surface area contributed by atoms with Gasteiger partial charge in [0.2, 0.25) is 0 Å². The number of carboxylic acid groups (broad SMARTS) is 1. The monoisotopic (exact) mass is 578 g/mol. The summed E-state index contributed by atoms with van der Waals surface area (Å²) in [5.74, 6) is -0.672. The van der Waals surface area contributed by atoms with Crippen molar-refractivity contribution < 1.29 is 43.5 Å². The summed E-state index contributed by atoms with van der Waals surface area (Å²) < 4.78 is 23.3. The van der Waals surface area contributed by atoms with Crippen LogP contribution in [0.1, 0.15) is 42.4 Å². The van der Waals surface area contributed by atoms with Crippen molar-refractivity contribution in [2.45, 2.75) is 67.9 Å². The third kappa shape index (κ3) is 4.38. The second-order valence-corrected chi connectivity index (χ2v) is 11.4. The highest BCUT2D eigenvalue weighted by atomic mass is 16.6. The minimum absolute atomic E-state index is 0.0203. The number of benzene rings is 2. The molecule has 0 saturated carbocycles. The Morgan fingerprint density at radius 3 is 2.71 bits per heavy atom. The molecule has 222 valence electrons. The summed E-state index contributed by atoms with van der Waals surface area (Å²) in [4.78, 5) is 39.6. The standard InChI is InChI=1S/C31H34N2O9/c1-33-15-14-30-25-19-8-10-21(39-2)26(25)42-27(30)22(12-13-31(30,38)23(33)16-19)41-28(36)20(9-11-24(34)35)32-29(37)40-17-18-6-4-3-5-7-18/h3-8,10,12,20,23,27,38H,9,11,13-17H2,1-2H3,(H,32,37)(H,34,35)/t20?,23-,27+,30+,31-/m1/s1. The lowest BCUT2D eigenvalue weighted by Crippen LogP contribution is -2.74. The number of nitrogens with zero attached hydrogens (tertiary/aromatic N) is 1. The average Bonchev–Trinajstić information content (AvgIpc) is 3.34. The van der Waals surface area contributed by atoms with Crippen LogP contribution < -0.4 is 14.8 Å². The number of amides is 1. The van der Waals surface area contributed by atoms with Crippen molar-refractivity contribution in [3.8, 4) is 11.5 Å². The molecule has 2 aliphatic carbocycles. The van der Waals surface area contributed by atoms with Crippen molar-refractivity contribution in [3.63, 3.8) is 0 Å². The Bertz CT molecular complexity index is 1440. The number of piperidine rings is 1. The van der Waals surface area contributed by atoms with Gasteiger partial charge in [0.05, 0.1) is 18.1 Å². The van der Waals surface area contributed by atoms with E-state index in [9.17, 15) is 24.6 Å². The van der Waals surface area contributed by atoms with E-state index in [-0.39, 0.29) is 37.7 Å². The van der Waals surface area contributed by atoms with Gasteiger partial charge in [-0.1, -0.05) is 36.4 Å². The molecule has 2 heterocycles. The van der Waals surface area contributed by atoms with Gasteiger partial charge in [0.25, 0.3) is 0 Å². The molecule has 2 aromatic carbocycles. The molecule has 6 rings (SSSR count). The summed E-state index contributed by atoms with van der Waals surface area (Å²) in [5.41, 5.74) is 0.667. The highest BCUT2D eigenvalue weighted by molar-refractivity contribution is 5.83. The SMILES string of the molecule is COc1ccc2c3c1O[C@H]1C(OC(=O)C(CCC(=O)O)NC(=O)OCc4ccccc4)=CC[C@@]4(O)[C@@H](C2)N(C)CC[C@]314. The van der Waals surface area contributed by atoms with Crippen LogP contribution in [0.2, 0.25) is 0 Å². The number of rotatable bonds is 9. The Hall–Kier alpha value is -4.09. The van der Waals surface area contributed by atoms with Crippen LogP contribution in [-0.4, -0.2) is 77.6 Å². The first-order valence-electron chi connectivity index (χ1n) is 14.1. The number of carbonyl (C=O) groups is 3. The minimum atomic E-state index is -1.28. The number of carboxylic acids is 1. The van der Waals surface area contributed by atoms with Crippen molar-refractivity contribution >= 4 is 18.0 Å². The van der Waals surface area contributed by atoms with Crippen molar-refractivity contribution in [2.24, 2.45) is 0 Å². The fourth-order valence-corrected chi connectivity index (χ4v) is 7.20. The molecule has 11 heteroatoms. The van der Waals surface area contributed by atoms with Crippen molar-refractivity contribution in [2.75, 3.05) is 20.7 Å². The predicted molar refractivity (Wildman–Crippen MR) is 148 cm³/mol. The van der Waals surface area contributed by atoms with Crippen LogP contribution in [0.5, 0.6) is 11.5 Å². The molecule has 4 aliphatic rings. The lowest BCUT2D eigenvalue weighted by atomic mass is 9.50. The van der Waals surface area contributed by atoms with Gasteiger partial charge < -0.3 is 39.4 Å². The number of likely N-dealkylation sites (tertiary alicyclic amines) is 1. The number of aliphatic carboxylic acids is 1. The number of alkyl carbamates (subject to hydrolysis) is 1. The summed E-state index contributed by atoms with van der Waals surface area (Å²) in [6.07, 6.45) is 0.857. The molecule has 1 unspecified atom stereocenters. The second kappa shape index (κ2) is 10.6. The molecule has 2 aromatic rings. The van der Waals surface area contributed by atoms with Gasteiger partial charge in [-0.25, -0.2) is 9.59 Å². The van der Waals surface area contributed by atoms with E-state index in [0.29, 0.717) is 30.9 Å². The van der Waals surface area contributed by atoms with E-state index in [1.54, 1.807) is 25.3 Å². The molecule has 1 spiro atoms. The zero-order chi connectivity index (χ0) is 29.6. The Morgan fingerprint density at radius 2 is 1.98 bits per heavy atom. The maximum absolute atomic E-state index is 13.5. The fraction of sp³-hybridized carbons (Fsp3) is 0.452. The van der Waals surface area contributed by atoms with E-state index in [0.717, 1.165) is 16.7 Å². The van der Waals surface area contributed by atoms with Crippen LogP contribution in [0.3, 0.4) is 0 Å². The van der Waals surface area contributed by atoms with Gasteiger partial charge in [-0.3, -0.25) is 4.79 Å². The third-order valence-electron chi connectivity index (χ3n) is 9.21. The maximum atomic E-state index is 13.5. The van der Waals surface area contributed by atoms with Gasteiger partial charge in [-0.15, -0.1) is 0 Å². The lowest BCUT2D eigenvalue weighted by Gasteiger charge is -2.61. The summed E-state index contributed by atoms with van der Waals surface area (Å²) in [6.45, 7) is 0.688. The molecule has 1 saturated heterocycles. The Labute approximate surface area is 243 Å². The van der Waals surface area contributed by atoms with Gasteiger partial charge in [-0.05, 0) is 56.1 Å². The second-order valence-electron chi connectivity index (χ2n) is 11.4. The number of ether oxygens (including phenoxy) is 4. The van der Waals surface area contributed by atoms with E-state index in [2.05, 4.69) is 10.2 Å². The Kier molecular flexibility index (Phi) is 7.10. The number of hydrogen-bond acceptors (Lipinski definition) is 9. The third-order valence-corrected chi connectivity index (χ3v) is 9.21. The first-order chi connectivity index (χ1) is 20.2. The van der Waals surface area contributed by atoms with E-state index in [1.807, 2.05) is 37.4 Å². The van der Waals surface area contributed by atoms with E-state index >= 15 is 0 Å². The summed E-state index contributed by atoms with van der Waals surface area (Å²) in [6, 6.07) is 11.4. The maximum Gasteiger partial charge on any atom is 0.408 e. The van der Waals surface area contributed by atoms with Crippen LogP contribution >= 0.6 is 0 Å². The number of likely N-dealkylation sites (N-methyl/N-ethyl adjacent to an activating group) is 1. The van der Waals surface area contributed by atoms with Gasteiger partial charge in [-0.2, -0.15) is 0 Å². The summed E-state index contributed by atoms with van der Waals surface area (Å²) in [5, 5.41) is 24.1. The van der Waals surface area contributed by atoms with Crippen molar-refractivity contribution in [1.82, 2.24) is 10.2 Å². The first kappa shape index (κ1) is 28.0. The van der Waals surface area contributed by atoms with Gasteiger partial charge in [0.15, 0.2) is 17.6 Å². The highest BCUT2D eigenvalue weighted by Gasteiger charge is 2.72. The topological polar surface area (TPSA) is 144 Å². The smallest absolute Gasteiger partial charge is 0.408 e. The van der Waals surface area contributed by atoms with Gasteiger partial charge >= 0.3 is 18.0 Å². The molecule has 2 aliphatic heterocycles. The highest BCUT2D eigenvalue weighted by Crippen LogP contribution is 2.65. The zero-order valence-electron chi connectivity index (χ0n) is 23.5. The van der Waals surface area contributed by atoms with Crippen LogP contribution in [-0.2, 0) is 37.5 Å². The predicted octanol–water partition coefficient (Wildman–Crippen LogP) is 2.68. The largest absolute Gasteiger partial charge is 0.493 e. The molecule has 0 radical (unpaired) electrons. The van der Waals surface area contributed by atoms with Crippen LogP contribution in [0.4, 0.5) is 4.79 Å². The van der Waals surface area contributed by atoms with Crippen molar-refractivity contribution in [3.05, 3.63) is 71.0 Å². The number of esters is 1. The average molecular weight is 579 g/mol. The molecule has 1 amide bonds. The van der Waals surface area contributed by atoms with Crippen LogP contribution in [0.25, 0.3) is 0 Å². The number of carbonyl (C=O) groups excluding carboxylic acids is 2. The Morgan fingerprint density at radius 1 is 1.19 bits per heavy atom. The molecule has 11 nitrogen and oxygen atoms in total. The Balaban J connectivity index is 1.26. The molecule has 1 fully saturated rings. The van der Waals surface area contributed by atoms with E-state index in [1.165, 1.54) is 0 Å². The van der Waals surface area contributed by atoms with Crippen LogP contribution in [0.15, 0.2) is 54.3 Å². The molecule has 3 N–H and O–H groups in total. The summed E-state index contributed by atoms with van der Waals surface area (Å²) in [7, 11) is 3.56. The van der Waals surface area contributed by atoms with E-state index < -0.39 is 41.2 Å². The molecule has 5 atom stereocenters. The first-order valence-corrected chi connectivity index (χ1v) is 14.1. The quantitative estimate of drug-likeness (QED) is 0.380. The van der Waals surface area contributed by atoms with Gasteiger partial charge in [0.1, 0.15) is 18.4 Å². The number of hydrogen-bond donors (Lipinski definition) is 3. The number of methoxy groups -OCH3 is 1. The fourth-order valence-electron chi connectivity index (χ4n) is 7.20. The molecule has 42 heavy (non-hydrogen) atoms. The molecular formula is C31H34N2O9. The summed E-state index contributed by atoms with van der Waals surface area (Å²) >= 11 is 0. The van der Waals surface area contributed by atoms with Crippen molar-refractivity contribution in [1.29, 1.82) is 0 Å². The van der Waals surface area contributed by atoms with E-state index in [4.69, 9.17) is 18.9 Å². The molecular weight excluding hydrogens is 544 g/mol. The molecule has 0 aromatic heterocycles. The number of aliphatic hydroxyl groups is 1. The minimum Gasteiger partial charge on any atom is -0.493 e.